The Bertz CT molecular complexity index is 1020. The highest BCUT2D eigenvalue weighted by Gasteiger charge is 2.13. The number of hydrogen-bond donors (Lipinski definition) is 2. The van der Waals surface area contributed by atoms with Crippen molar-refractivity contribution < 1.29 is 14.2 Å². The number of hydrogen-bond acceptors (Lipinski definition) is 5. The Morgan fingerprint density at radius 1 is 1.00 bits per heavy atom. The van der Waals surface area contributed by atoms with E-state index in [2.05, 4.69) is 28.6 Å². The molecule has 166 valence electrons. The number of ether oxygens (including phenoxy) is 3. The Labute approximate surface area is 188 Å². The molecule has 1 aromatic heterocycles. The largest absolute Gasteiger partial charge is 0.487 e. The van der Waals surface area contributed by atoms with Gasteiger partial charge < -0.3 is 24.8 Å². The van der Waals surface area contributed by atoms with E-state index in [-0.39, 0.29) is 0 Å². The van der Waals surface area contributed by atoms with Gasteiger partial charge in [0.05, 0.1) is 12.2 Å². The zero-order valence-corrected chi connectivity index (χ0v) is 18.2. The highest BCUT2D eigenvalue weighted by Crippen LogP contribution is 2.32. The summed E-state index contributed by atoms with van der Waals surface area (Å²) in [6.45, 7) is 4.96. The fourth-order valence-corrected chi connectivity index (χ4v) is 3.27. The minimum atomic E-state index is 0.297. The van der Waals surface area contributed by atoms with E-state index in [1.54, 1.807) is 6.20 Å². The van der Waals surface area contributed by atoms with Crippen molar-refractivity contribution in [2.45, 2.75) is 26.5 Å². The predicted molar refractivity (Wildman–Crippen MR) is 124 cm³/mol. The molecule has 2 aromatic carbocycles. The van der Waals surface area contributed by atoms with Crippen LogP contribution in [0.4, 0.5) is 0 Å². The lowest BCUT2D eigenvalue weighted by Crippen LogP contribution is -2.38. The number of fused-ring (bicyclic) bond motifs is 1. The molecule has 4 rings (SSSR count). The maximum absolute atomic E-state index is 5.79. The van der Waals surface area contributed by atoms with Gasteiger partial charge in [-0.25, -0.2) is 4.99 Å². The Morgan fingerprint density at radius 3 is 2.66 bits per heavy atom. The summed E-state index contributed by atoms with van der Waals surface area (Å²) in [5, 5.41) is 6.69. The van der Waals surface area contributed by atoms with Crippen molar-refractivity contribution in [2.75, 3.05) is 19.9 Å². The Balaban J connectivity index is 1.26. The number of aliphatic imine (C=N–C) groups is 1. The number of benzene rings is 2. The highest BCUT2D eigenvalue weighted by atomic mass is 16.7. The maximum atomic E-state index is 5.79. The van der Waals surface area contributed by atoms with E-state index in [0.29, 0.717) is 19.9 Å². The van der Waals surface area contributed by atoms with Gasteiger partial charge in [-0.15, -0.1) is 0 Å². The van der Waals surface area contributed by atoms with Crippen LogP contribution in [-0.4, -0.2) is 30.8 Å². The second kappa shape index (κ2) is 11.0. The molecule has 2 heterocycles. The van der Waals surface area contributed by atoms with Crippen LogP contribution < -0.4 is 24.8 Å². The fraction of sp³-hybridized carbons (Fsp3) is 0.280. The quantitative estimate of drug-likeness (QED) is 0.397. The summed E-state index contributed by atoms with van der Waals surface area (Å²) in [6, 6.07) is 19.9. The lowest BCUT2D eigenvalue weighted by atomic mass is 10.1. The first-order chi connectivity index (χ1) is 15.8. The van der Waals surface area contributed by atoms with Gasteiger partial charge in [0, 0.05) is 19.3 Å². The second-order valence-corrected chi connectivity index (χ2v) is 7.31. The van der Waals surface area contributed by atoms with Crippen LogP contribution in [0.15, 0.2) is 71.9 Å². The van der Waals surface area contributed by atoms with Gasteiger partial charge in [0.25, 0.3) is 0 Å². The topological polar surface area (TPSA) is 77.0 Å². The first-order valence-corrected chi connectivity index (χ1v) is 10.8. The van der Waals surface area contributed by atoms with Gasteiger partial charge in [-0.1, -0.05) is 24.3 Å². The molecule has 7 nitrogen and oxygen atoms in total. The molecule has 0 radical (unpaired) electrons. The van der Waals surface area contributed by atoms with Gasteiger partial charge >= 0.3 is 0 Å². The van der Waals surface area contributed by atoms with Gasteiger partial charge in [-0.3, -0.25) is 4.98 Å². The molecule has 0 bridgehead atoms. The summed E-state index contributed by atoms with van der Waals surface area (Å²) in [5.74, 6) is 3.24. The molecule has 0 atom stereocenters. The summed E-state index contributed by atoms with van der Waals surface area (Å²) < 4.78 is 16.6. The molecule has 0 saturated carbocycles. The fourth-order valence-electron chi connectivity index (χ4n) is 3.27. The summed E-state index contributed by atoms with van der Waals surface area (Å²) in [5.41, 5.74) is 3.21. The molecular formula is C25H28N4O3. The van der Waals surface area contributed by atoms with Gasteiger partial charge in [0.1, 0.15) is 12.4 Å². The van der Waals surface area contributed by atoms with Crippen molar-refractivity contribution in [3.05, 3.63) is 83.7 Å². The number of nitrogens with one attached hydrogen (secondary N) is 2. The highest BCUT2D eigenvalue weighted by molar-refractivity contribution is 5.79. The van der Waals surface area contributed by atoms with Crippen LogP contribution in [0.1, 0.15) is 23.7 Å². The predicted octanol–water partition coefficient (Wildman–Crippen LogP) is 3.69. The van der Waals surface area contributed by atoms with E-state index in [1.807, 2.05) is 54.6 Å². The van der Waals surface area contributed by atoms with Crippen LogP contribution in [-0.2, 0) is 19.6 Å². The van der Waals surface area contributed by atoms with E-state index >= 15 is 0 Å². The number of aromatic nitrogens is 1. The zero-order chi connectivity index (χ0) is 22.0. The van der Waals surface area contributed by atoms with Crippen molar-refractivity contribution in [1.82, 2.24) is 15.6 Å². The minimum absolute atomic E-state index is 0.297. The number of nitrogens with zero attached hydrogens (tertiary/aromatic N) is 2. The molecular weight excluding hydrogens is 404 g/mol. The number of guanidine groups is 1. The van der Waals surface area contributed by atoms with E-state index in [9.17, 15) is 0 Å². The van der Waals surface area contributed by atoms with Gasteiger partial charge in [0.15, 0.2) is 17.5 Å². The molecule has 0 unspecified atom stereocenters. The molecule has 32 heavy (non-hydrogen) atoms. The summed E-state index contributed by atoms with van der Waals surface area (Å²) in [4.78, 5) is 8.96. The van der Waals surface area contributed by atoms with Crippen molar-refractivity contribution in [3.63, 3.8) is 0 Å². The molecule has 1 aliphatic rings. The first kappa shape index (κ1) is 21.5. The summed E-state index contributed by atoms with van der Waals surface area (Å²) in [6.07, 6.45) is 2.63. The van der Waals surface area contributed by atoms with E-state index in [1.165, 1.54) is 5.56 Å². The molecule has 0 saturated heterocycles. The Morgan fingerprint density at radius 2 is 1.84 bits per heavy atom. The zero-order valence-electron chi connectivity index (χ0n) is 18.2. The lowest BCUT2D eigenvalue weighted by molar-refractivity contribution is 0.174. The van der Waals surface area contributed by atoms with Crippen molar-refractivity contribution in [2.24, 2.45) is 4.99 Å². The Hall–Kier alpha value is -3.74. The minimum Gasteiger partial charge on any atom is -0.487 e. The monoisotopic (exact) mass is 432 g/mol. The van der Waals surface area contributed by atoms with Crippen LogP contribution in [0, 0.1) is 0 Å². The molecule has 7 heteroatoms. The average Bonchev–Trinajstić information content (AvgIpc) is 3.30. The lowest BCUT2D eigenvalue weighted by Gasteiger charge is -2.12. The SMILES string of the molecule is CCNC(=NCc1ccc(OCc2ccccn2)cc1)NCCc1ccc2c(c1)OCO2. The number of rotatable bonds is 9. The summed E-state index contributed by atoms with van der Waals surface area (Å²) in [7, 11) is 0. The van der Waals surface area contributed by atoms with Gasteiger partial charge in [-0.2, -0.15) is 0 Å². The van der Waals surface area contributed by atoms with Crippen LogP contribution in [0.3, 0.4) is 0 Å². The smallest absolute Gasteiger partial charge is 0.231 e. The molecule has 0 fully saturated rings. The average molecular weight is 433 g/mol. The molecule has 0 aliphatic carbocycles. The van der Waals surface area contributed by atoms with E-state index in [4.69, 9.17) is 19.2 Å². The standard InChI is InChI=1S/C25H28N4O3/c1-2-26-25(28-14-12-19-8-11-23-24(15-19)32-18-31-23)29-16-20-6-9-22(10-7-20)30-17-21-5-3-4-13-27-21/h3-11,13,15H,2,12,14,16-18H2,1H3,(H2,26,28,29). The van der Waals surface area contributed by atoms with Crippen LogP contribution in [0.2, 0.25) is 0 Å². The third-order valence-corrected chi connectivity index (χ3v) is 4.94. The normalized spacial score (nSPS) is 12.5. The second-order valence-electron chi connectivity index (χ2n) is 7.31. The molecule has 0 amide bonds. The molecule has 0 spiro atoms. The van der Waals surface area contributed by atoms with Crippen molar-refractivity contribution in [3.8, 4) is 17.2 Å². The van der Waals surface area contributed by atoms with Crippen LogP contribution in [0.5, 0.6) is 17.2 Å². The molecule has 1 aliphatic heterocycles. The van der Waals surface area contributed by atoms with E-state index < -0.39 is 0 Å². The van der Waals surface area contributed by atoms with Crippen molar-refractivity contribution >= 4 is 5.96 Å². The first-order valence-electron chi connectivity index (χ1n) is 10.8. The van der Waals surface area contributed by atoms with Gasteiger partial charge in [0.2, 0.25) is 6.79 Å². The van der Waals surface area contributed by atoms with Crippen LogP contribution >= 0.6 is 0 Å². The number of pyridine rings is 1. The van der Waals surface area contributed by atoms with Gasteiger partial charge in [-0.05, 0) is 60.9 Å². The van der Waals surface area contributed by atoms with Crippen LogP contribution in [0.25, 0.3) is 0 Å². The Kier molecular flexibility index (Phi) is 7.42. The summed E-state index contributed by atoms with van der Waals surface area (Å²) >= 11 is 0. The van der Waals surface area contributed by atoms with E-state index in [0.717, 1.165) is 54.0 Å². The molecule has 2 N–H and O–H groups in total. The van der Waals surface area contributed by atoms with Crippen molar-refractivity contribution in [1.29, 1.82) is 0 Å². The maximum Gasteiger partial charge on any atom is 0.231 e. The third kappa shape index (κ3) is 6.14. The third-order valence-electron chi connectivity index (χ3n) is 4.94. The molecule has 3 aromatic rings.